The van der Waals surface area contributed by atoms with Gasteiger partial charge in [-0.15, -0.1) is 10.2 Å². The molecule has 0 spiro atoms. The van der Waals surface area contributed by atoms with Crippen molar-refractivity contribution in [2.24, 2.45) is 0 Å². The topological polar surface area (TPSA) is 117 Å². The highest BCUT2D eigenvalue weighted by Gasteiger charge is 2.19. The highest BCUT2D eigenvalue weighted by molar-refractivity contribution is 8.00. The minimum atomic E-state index is -0.528. The summed E-state index contributed by atoms with van der Waals surface area (Å²) < 4.78 is 0. The molecule has 9 heteroatoms. The van der Waals surface area contributed by atoms with Crippen LogP contribution in [0, 0.1) is 13.8 Å². The Morgan fingerprint density at radius 1 is 0.889 bits per heavy atom. The summed E-state index contributed by atoms with van der Waals surface area (Å²) in [6, 6.07) is 21.6. The Morgan fingerprint density at radius 2 is 1.61 bits per heavy atom. The molecule has 0 bridgehead atoms. The maximum Gasteiger partial charge on any atom is 0.278 e. The van der Waals surface area contributed by atoms with Crippen LogP contribution >= 0.6 is 11.8 Å². The minimum absolute atomic E-state index is 0.0726. The van der Waals surface area contributed by atoms with Crippen LogP contribution in [0.25, 0.3) is 11.3 Å². The summed E-state index contributed by atoms with van der Waals surface area (Å²) in [6.45, 7) is 5.52. The normalized spacial score (nSPS) is 11.5. The van der Waals surface area contributed by atoms with Crippen LogP contribution in [0.1, 0.15) is 28.4 Å². The predicted octanol–water partition coefficient (Wildman–Crippen LogP) is 4.82. The number of carbonyl (C=O) groups excluding carboxylic acids is 2. The molecule has 1 unspecified atom stereocenters. The Morgan fingerprint density at radius 3 is 2.33 bits per heavy atom. The maximum atomic E-state index is 13.0. The molecule has 1 aromatic heterocycles. The molecular weight excluding hydrogens is 474 g/mol. The monoisotopic (exact) mass is 499 g/mol. The van der Waals surface area contributed by atoms with Gasteiger partial charge in [0.25, 0.3) is 11.5 Å². The third-order valence-electron chi connectivity index (χ3n) is 5.45. The molecule has 1 heterocycles. The van der Waals surface area contributed by atoms with Gasteiger partial charge in [0.2, 0.25) is 5.91 Å². The average molecular weight is 500 g/mol. The molecule has 0 aliphatic carbocycles. The highest BCUT2D eigenvalue weighted by atomic mass is 32.2. The first kappa shape index (κ1) is 24.9. The molecule has 0 aliphatic heterocycles. The molecule has 0 aliphatic rings. The summed E-state index contributed by atoms with van der Waals surface area (Å²) in [5.74, 6) is -0.517. The Hall–Kier alpha value is -4.24. The predicted molar refractivity (Wildman–Crippen MR) is 142 cm³/mol. The van der Waals surface area contributed by atoms with E-state index in [1.165, 1.54) is 0 Å². The first-order valence-corrected chi connectivity index (χ1v) is 12.2. The SMILES string of the molecule is Cc1ccc(NC(=O)c2ccccc2)c(-c2nnc(SC(C)C(=O)Nc3ccccc3C)[nH]c2=O)c1. The van der Waals surface area contributed by atoms with Gasteiger partial charge in [0.1, 0.15) is 0 Å². The van der Waals surface area contributed by atoms with Gasteiger partial charge in [-0.05, 0) is 56.7 Å². The Balaban J connectivity index is 1.53. The van der Waals surface area contributed by atoms with Crippen LogP contribution in [-0.2, 0) is 4.79 Å². The van der Waals surface area contributed by atoms with Gasteiger partial charge < -0.3 is 10.6 Å². The van der Waals surface area contributed by atoms with Crippen LogP contribution in [-0.4, -0.2) is 32.2 Å². The first-order valence-electron chi connectivity index (χ1n) is 11.3. The molecule has 3 aromatic carbocycles. The second-order valence-electron chi connectivity index (χ2n) is 8.24. The van der Waals surface area contributed by atoms with E-state index in [1.807, 2.05) is 50.2 Å². The lowest BCUT2D eigenvalue weighted by Gasteiger charge is -2.13. The van der Waals surface area contributed by atoms with Crippen molar-refractivity contribution in [1.29, 1.82) is 0 Å². The smallest absolute Gasteiger partial charge is 0.278 e. The molecule has 4 rings (SSSR count). The number of amides is 2. The number of thioether (sulfide) groups is 1. The molecule has 0 fully saturated rings. The number of hydrogen-bond donors (Lipinski definition) is 3. The van der Waals surface area contributed by atoms with E-state index in [1.54, 1.807) is 43.3 Å². The van der Waals surface area contributed by atoms with Gasteiger partial charge in [0.05, 0.1) is 10.9 Å². The summed E-state index contributed by atoms with van der Waals surface area (Å²) in [4.78, 5) is 41.0. The molecule has 1 atom stereocenters. The zero-order valence-corrected chi connectivity index (χ0v) is 20.8. The van der Waals surface area contributed by atoms with Crippen LogP contribution in [0.5, 0.6) is 0 Å². The second kappa shape index (κ2) is 11.0. The lowest BCUT2D eigenvalue weighted by molar-refractivity contribution is -0.115. The van der Waals surface area contributed by atoms with Gasteiger partial charge >= 0.3 is 0 Å². The van der Waals surface area contributed by atoms with Gasteiger partial charge in [-0.1, -0.05) is 59.8 Å². The van der Waals surface area contributed by atoms with Gasteiger partial charge in [0, 0.05) is 16.8 Å². The number of aromatic amines is 1. The number of nitrogens with zero attached hydrogens (tertiary/aromatic N) is 2. The van der Waals surface area contributed by atoms with Crippen molar-refractivity contribution >= 4 is 35.0 Å². The zero-order chi connectivity index (χ0) is 25.7. The van der Waals surface area contributed by atoms with Crippen LogP contribution < -0.4 is 16.2 Å². The van der Waals surface area contributed by atoms with E-state index < -0.39 is 10.8 Å². The Kier molecular flexibility index (Phi) is 7.60. The molecule has 8 nitrogen and oxygen atoms in total. The Bertz CT molecular complexity index is 1470. The number of aryl methyl sites for hydroxylation is 2. The number of nitrogens with one attached hydrogen (secondary N) is 3. The standard InChI is InChI=1S/C27H25N5O3S/c1-16-13-14-22(29-25(34)19-10-5-4-6-11-19)20(15-16)23-26(35)30-27(32-31-23)36-18(3)24(33)28-21-12-8-7-9-17(21)2/h4-15,18H,1-3H3,(H,28,33)(H,29,34)(H,30,32,35). The lowest BCUT2D eigenvalue weighted by atomic mass is 10.1. The second-order valence-corrected chi connectivity index (χ2v) is 9.57. The highest BCUT2D eigenvalue weighted by Crippen LogP contribution is 2.27. The number of benzene rings is 3. The maximum absolute atomic E-state index is 13.0. The fourth-order valence-corrected chi connectivity index (χ4v) is 4.21. The minimum Gasteiger partial charge on any atom is -0.325 e. The quantitative estimate of drug-likeness (QED) is 0.314. The summed E-state index contributed by atoms with van der Waals surface area (Å²) in [6.07, 6.45) is 0. The fraction of sp³-hybridized carbons (Fsp3) is 0.148. The molecule has 182 valence electrons. The van der Waals surface area contributed by atoms with E-state index in [-0.39, 0.29) is 22.7 Å². The molecule has 36 heavy (non-hydrogen) atoms. The van der Waals surface area contributed by atoms with Crippen LogP contribution in [0.15, 0.2) is 82.7 Å². The number of H-pyrrole nitrogens is 1. The third kappa shape index (κ3) is 5.87. The van der Waals surface area contributed by atoms with Crippen LogP contribution in [0.3, 0.4) is 0 Å². The summed E-state index contributed by atoms with van der Waals surface area (Å²) >= 11 is 1.10. The van der Waals surface area contributed by atoms with E-state index in [2.05, 4.69) is 25.8 Å². The molecule has 3 N–H and O–H groups in total. The fourth-order valence-electron chi connectivity index (χ4n) is 3.47. The number of hydrogen-bond acceptors (Lipinski definition) is 6. The molecule has 0 saturated heterocycles. The van der Waals surface area contributed by atoms with Gasteiger partial charge in [0.15, 0.2) is 10.9 Å². The molecular formula is C27H25N5O3S. The van der Waals surface area contributed by atoms with Crippen molar-refractivity contribution in [2.75, 3.05) is 10.6 Å². The van der Waals surface area contributed by atoms with E-state index in [0.717, 1.165) is 28.6 Å². The molecule has 0 radical (unpaired) electrons. The number of anilines is 2. The largest absolute Gasteiger partial charge is 0.325 e. The molecule has 4 aromatic rings. The van der Waals surface area contributed by atoms with Gasteiger partial charge in [-0.3, -0.25) is 19.4 Å². The van der Waals surface area contributed by atoms with E-state index >= 15 is 0 Å². The van der Waals surface area contributed by atoms with E-state index in [4.69, 9.17) is 0 Å². The van der Waals surface area contributed by atoms with Crippen molar-refractivity contribution < 1.29 is 9.59 Å². The summed E-state index contributed by atoms with van der Waals surface area (Å²) in [5, 5.41) is 13.7. The van der Waals surface area contributed by atoms with Crippen LogP contribution in [0.4, 0.5) is 11.4 Å². The van der Waals surface area contributed by atoms with Crippen molar-refractivity contribution in [3.05, 3.63) is 99.8 Å². The first-order chi connectivity index (χ1) is 17.3. The number of carbonyl (C=O) groups is 2. The van der Waals surface area contributed by atoms with Gasteiger partial charge in [-0.25, -0.2) is 0 Å². The van der Waals surface area contributed by atoms with Crippen molar-refractivity contribution in [2.45, 2.75) is 31.2 Å². The zero-order valence-electron chi connectivity index (χ0n) is 20.0. The van der Waals surface area contributed by atoms with Crippen molar-refractivity contribution in [1.82, 2.24) is 15.2 Å². The third-order valence-corrected chi connectivity index (χ3v) is 6.43. The summed E-state index contributed by atoms with van der Waals surface area (Å²) in [5.41, 5.74) is 3.57. The van der Waals surface area contributed by atoms with Crippen LogP contribution in [0.2, 0.25) is 0 Å². The number of aromatic nitrogens is 3. The molecule has 0 saturated carbocycles. The van der Waals surface area contributed by atoms with Crippen molar-refractivity contribution in [3.63, 3.8) is 0 Å². The van der Waals surface area contributed by atoms with E-state index in [9.17, 15) is 14.4 Å². The van der Waals surface area contributed by atoms with Gasteiger partial charge in [-0.2, -0.15) is 0 Å². The number of para-hydroxylation sites is 1. The molecule has 2 amide bonds. The van der Waals surface area contributed by atoms with E-state index in [0.29, 0.717) is 16.8 Å². The van der Waals surface area contributed by atoms with Crippen molar-refractivity contribution in [3.8, 4) is 11.3 Å². The average Bonchev–Trinajstić information content (AvgIpc) is 2.87. The summed E-state index contributed by atoms with van der Waals surface area (Å²) in [7, 11) is 0. The number of rotatable bonds is 7. The Labute approximate surface area is 212 Å². The lowest BCUT2D eigenvalue weighted by Crippen LogP contribution is -2.24.